The van der Waals surface area contributed by atoms with Crippen molar-refractivity contribution in [1.82, 2.24) is 5.48 Å². The fraction of sp³-hybridized carbons (Fsp3) is 0.833. The first-order valence-corrected chi connectivity index (χ1v) is 3.24. The molecule has 0 aromatic carbocycles. The van der Waals surface area contributed by atoms with Gasteiger partial charge in [0.1, 0.15) is 0 Å². The summed E-state index contributed by atoms with van der Waals surface area (Å²) in [7, 11) is 0. The molecule has 9 heavy (non-hydrogen) atoms. The maximum absolute atomic E-state index is 10.1. The van der Waals surface area contributed by atoms with Gasteiger partial charge in [0.05, 0.1) is 0 Å². The normalized spacial score (nSPS) is 7.11. The summed E-state index contributed by atoms with van der Waals surface area (Å²) in [6.07, 6.45) is 1.17. The van der Waals surface area contributed by atoms with E-state index in [4.69, 9.17) is 5.21 Å². The number of hydroxylamine groups is 1. The Bertz CT molecular complexity index is 64.1. The van der Waals surface area contributed by atoms with Crippen molar-refractivity contribution in [2.24, 2.45) is 0 Å². The molecule has 0 spiro atoms. The zero-order chi connectivity index (χ0) is 7.70. The SMILES string of the molecule is CC.CCCC(=O)NO. The van der Waals surface area contributed by atoms with Crippen molar-refractivity contribution in [3.8, 4) is 0 Å². The molecule has 0 aromatic rings. The molecular weight excluding hydrogens is 118 g/mol. The third kappa shape index (κ3) is 11.2. The fourth-order valence-electron chi connectivity index (χ4n) is 0.283. The molecule has 0 atom stereocenters. The number of hydrogen-bond donors (Lipinski definition) is 2. The molecule has 0 unspecified atom stereocenters. The summed E-state index contributed by atoms with van der Waals surface area (Å²) >= 11 is 0. The van der Waals surface area contributed by atoms with E-state index >= 15 is 0 Å². The van der Waals surface area contributed by atoms with Gasteiger partial charge in [-0.15, -0.1) is 0 Å². The van der Waals surface area contributed by atoms with Crippen molar-refractivity contribution in [1.29, 1.82) is 0 Å². The first-order valence-electron chi connectivity index (χ1n) is 3.24. The number of carbonyl (C=O) groups is 1. The molecule has 0 radical (unpaired) electrons. The largest absolute Gasteiger partial charge is 0.289 e. The van der Waals surface area contributed by atoms with Crippen molar-refractivity contribution >= 4 is 5.91 Å². The van der Waals surface area contributed by atoms with Crippen molar-refractivity contribution in [2.45, 2.75) is 33.6 Å². The number of nitrogens with one attached hydrogen (secondary N) is 1. The van der Waals surface area contributed by atoms with E-state index in [9.17, 15) is 4.79 Å². The highest BCUT2D eigenvalue weighted by Gasteiger charge is 1.91. The molecular formula is C6H15NO2. The van der Waals surface area contributed by atoms with Gasteiger partial charge < -0.3 is 0 Å². The summed E-state index contributed by atoms with van der Waals surface area (Å²) in [5.74, 6) is -0.317. The standard InChI is InChI=1S/C4H9NO2.C2H6/c1-2-3-4(6)5-7;1-2/h7H,2-3H2,1H3,(H,5,6);1-2H3. The number of hydrogen-bond acceptors (Lipinski definition) is 2. The highest BCUT2D eigenvalue weighted by Crippen LogP contribution is 1.82. The first kappa shape index (κ1) is 11.3. The molecule has 3 nitrogen and oxygen atoms in total. The number of rotatable bonds is 2. The minimum atomic E-state index is -0.317. The first-order chi connectivity index (χ1) is 4.31. The molecule has 0 aromatic heterocycles. The van der Waals surface area contributed by atoms with Crippen molar-refractivity contribution in [3.63, 3.8) is 0 Å². The fourth-order valence-corrected chi connectivity index (χ4v) is 0.283. The molecule has 0 aliphatic carbocycles. The Kier molecular flexibility index (Phi) is 13.0. The molecule has 0 rings (SSSR count). The van der Waals surface area contributed by atoms with Crippen molar-refractivity contribution < 1.29 is 10.0 Å². The van der Waals surface area contributed by atoms with E-state index in [1.807, 2.05) is 20.8 Å². The van der Waals surface area contributed by atoms with E-state index in [-0.39, 0.29) is 5.91 Å². The molecule has 0 saturated heterocycles. The second kappa shape index (κ2) is 10.4. The van der Waals surface area contributed by atoms with Gasteiger partial charge in [-0.25, -0.2) is 5.48 Å². The highest BCUT2D eigenvalue weighted by molar-refractivity contribution is 5.74. The van der Waals surface area contributed by atoms with Gasteiger partial charge >= 0.3 is 0 Å². The van der Waals surface area contributed by atoms with Crippen LogP contribution in [0.1, 0.15) is 33.6 Å². The van der Waals surface area contributed by atoms with E-state index in [1.165, 1.54) is 5.48 Å². The molecule has 3 heteroatoms. The predicted octanol–water partition coefficient (Wildman–Crippen LogP) is 1.32. The number of carbonyl (C=O) groups excluding carboxylic acids is 1. The Morgan fingerprint density at radius 2 is 2.00 bits per heavy atom. The van der Waals surface area contributed by atoms with Crippen LogP contribution >= 0.6 is 0 Å². The summed E-state index contributed by atoms with van der Waals surface area (Å²) < 4.78 is 0. The zero-order valence-electron chi connectivity index (χ0n) is 6.27. The summed E-state index contributed by atoms with van der Waals surface area (Å²) in [6.45, 7) is 5.87. The molecule has 0 fully saturated rings. The van der Waals surface area contributed by atoms with Gasteiger partial charge in [-0.2, -0.15) is 0 Å². The Morgan fingerprint density at radius 3 is 2.11 bits per heavy atom. The monoisotopic (exact) mass is 133 g/mol. The second-order valence-electron chi connectivity index (χ2n) is 1.28. The van der Waals surface area contributed by atoms with Crippen LogP contribution < -0.4 is 5.48 Å². The van der Waals surface area contributed by atoms with Crippen LogP contribution in [-0.2, 0) is 4.79 Å². The quantitative estimate of drug-likeness (QED) is 0.441. The molecule has 0 saturated carbocycles. The summed E-state index contributed by atoms with van der Waals surface area (Å²) in [4.78, 5) is 10.1. The topological polar surface area (TPSA) is 49.3 Å². The maximum Gasteiger partial charge on any atom is 0.243 e. The smallest absolute Gasteiger partial charge is 0.243 e. The van der Waals surface area contributed by atoms with Crippen LogP contribution in [0.5, 0.6) is 0 Å². The van der Waals surface area contributed by atoms with Gasteiger partial charge in [0, 0.05) is 6.42 Å². The van der Waals surface area contributed by atoms with Gasteiger partial charge in [-0.1, -0.05) is 20.8 Å². The Hall–Kier alpha value is -0.570. The molecule has 56 valence electrons. The van der Waals surface area contributed by atoms with Gasteiger partial charge in [-0.3, -0.25) is 10.0 Å². The average Bonchev–Trinajstić information content (AvgIpc) is 1.93. The lowest BCUT2D eigenvalue weighted by molar-refractivity contribution is -0.129. The van der Waals surface area contributed by atoms with Crippen LogP contribution in [0.25, 0.3) is 0 Å². The van der Waals surface area contributed by atoms with Crippen LogP contribution in [0.15, 0.2) is 0 Å². The molecule has 1 amide bonds. The summed E-state index contributed by atoms with van der Waals surface area (Å²) in [5, 5.41) is 7.87. The predicted molar refractivity (Wildman–Crippen MR) is 36.2 cm³/mol. The summed E-state index contributed by atoms with van der Waals surface area (Å²) in [6, 6.07) is 0. The lowest BCUT2D eigenvalue weighted by atomic mass is 10.3. The second-order valence-corrected chi connectivity index (χ2v) is 1.28. The number of amides is 1. The van der Waals surface area contributed by atoms with Crippen molar-refractivity contribution in [3.05, 3.63) is 0 Å². The average molecular weight is 133 g/mol. The van der Waals surface area contributed by atoms with E-state index < -0.39 is 0 Å². The van der Waals surface area contributed by atoms with E-state index in [0.717, 1.165) is 6.42 Å². The lowest BCUT2D eigenvalue weighted by Gasteiger charge is -1.89. The van der Waals surface area contributed by atoms with Crippen LogP contribution in [0.3, 0.4) is 0 Å². The highest BCUT2D eigenvalue weighted by atomic mass is 16.5. The van der Waals surface area contributed by atoms with Gasteiger partial charge in [-0.05, 0) is 6.42 Å². The Balaban J connectivity index is 0. The molecule has 0 bridgehead atoms. The van der Waals surface area contributed by atoms with E-state index in [1.54, 1.807) is 0 Å². The maximum atomic E-state index is 10.1. The third-order valence-corrected chi connectivity index (χ3v) is 0.602. The molecule has 0 aliphatic rings. The zero-order valence-corrected chi connectivity index (χ0v) is 6.27. The van der Waals surface area contributed by atoms with Gasteiger partial charge in [0.2, 0.25) is 5.91 Å². The molecule has 2 N–H and O–H groups in total. The minimum Gasteiger partial charge on any atom is -0.289 e. The summed E-state index contributed by atoms with van der Waals surface area (Å²) in [5.41, 5.74) is 1.53. The van der Waals surface area contributed by atoms with Crippen LogP contribution in [0, 0.1) is 0 Å². The van der Waals surface area contributed by atoms with Crippen LogP contribution in [-0.4, -0.2) is 11.1 Å². The third-order valence-electron chi connectivity index (χ3n) is 0.602. The Morgan fingerprint density at radius 1 is 1.56 bits per heavy atom. The van der Waals surface area contributed by atoms with Crippen molar-refractivity contribution in [2.75, 3.05) is 0 Å². The Labute approximate surface area is 56.0 Å². The van der Waals surface area contributed by atoms with Gasteiger partial charge in [0.15, 0.2) is 0 Å². The van der Waals surface area contributed by atoms with E-state index in [0.29, 0.717) is 6.42 Å². The molecule has 0 aliphatic heterocycles. The van der Waals surface area contributed by atoms with E-state index in [2.05, 4.69) is 0 Å². The lowest BCUT2D eigenvalue weighted by Crippen LogP contribution is -2.17. The van der Waals surface area contributed by atoms with Gasteiger partial charge in [0.25, 0.3) is 0 Å². The van der Waals surface area contributed by atoms with Crippen LogP contribution in [0.2, 0.25) is 0 Å². The molecule has 0 heterocycles. The minimum absolute atomic E-state index is 0.317. The van der Waals surface area contributed by atoms with Crippen LogP contribution in [0.4, 0.5) is 0 Å².